The zero-order valence-electron chi connectivity index (χ0n) is 82.2. The third-order valence-electron chi connectivity index (χ3n) is 28.4. The van der Waals surface area contributed by atoms with Crippen molar-refractivity contribution in [1.82, 2.24) is 110 Å². The molecule has 18 heterocycles. The number of likely N-dealkylation sites (N-methyl/N-ethyl adjacent to an activating group) is 2. The summed E-state index contributed by atoms with van der Waals surface area (Å²) in [6.45, 7) is 24.1. The fraction of sp³-hybridized carbons (Fsp3) is 0.348. The Kier molecular flexibility index (Phi) is 31.2. The van der Waals surface area contributed by atoms with Gasteiger partial charge in [-0.15, -0.1) is 0 Å². The molecule has 0 spiro atoms. The van der Waals surface area contributed by atoms with Crippen molar-refractivity contribution in [2.24, 2.45) is 0 Å². The second-order valence-corrected chi connectivity index (χ2v) is 39.1. The van der Waals surface area contributed by atoms with Crippen LogP contribution in [-0.2, 0) is 32.7 Å². The van der Waals surface area contributed by atoms with E-state index in [1.165, 1.54) is 118 Å². The molecule has 0 bridgehead atoms. The lowest BCUT2D eigenvalue weighted by molar-refractivity contribution is 0.101. The van der Waals surface area contributed by atoms with E-state index in [2.05, 4.69) is 198 Å². The van der Waals surface area contributed by atoms with E-state index in [4.69, 9.17) is 0 Å². The molecule has 0 saturated carbocycles. The van der Waals surface area contributed by atoms with Crippen LogP contribution in [0.2, 0.25) is 0 Å². The molecule has 7 aliphatic heterocycles. The van der Waals surface area contributed by atoms with Crippen LogP contribution >= 0.6 is 0 Å². The maximum absolute atomic E-state index is 13.3. The van der Waals surface area contributed by atoms with E-state index in [-0.39, 0.29) is 23.6 Å². The smallest absolute Gasteiger partial charge is 0.276 e. The number of aromatic nitrogens is 15. The first kappa shape index (κ1) is 96.7. The molecule has 144 heavy (non-hydrogen) atoms. The number of H-pyrrole nitrogens is 4. The van der Waals surface area contributed by atoms with Gasteiger partial charge >= 0.3 is 0 Å². The predicted octanol–water partition coefficient (Wildman–Crippen LogP) is 17.7. The van der Waals surface area contributed by atoms with E-state index < -0.39 is 0 Å². The number of pyridine rings is 7. The highest BCUT2D eigenvalue weighted by Gasteiger charge is 2.27. The van der Waals surface area contributed by atoms with Crippen LogP contribution in [0.4, 0.5) is 34.4 Å². The van der Waals surface area contributed by atoms with Gasteiger partial charge in [0.05, 0.1) is 45.8 Å². The van der Waals surface area contributed by atoms with Gasteiger partial charge in [-0.05, 0) is 302 Å². The SMILES string of the molecule is CN1CCN(Cc2cccc(NC(=O)c3n[nH]c4ccc(-c5cncc(CN6CCCCC6)c5)cc34)c2)CC1.CN1CCN(c2ccc(NC(=O)c3n[nH]c4ccc(-c5cncc(CN6CCCCC6)c5)cc34)cn2)CC1.O=C(Nc1ccc(N2CCCC2)nc1)c1n[nH]c2ccc(-c3cncc(CN4CCCCC4)c3)cc12.O=C(Nc1ccncc1)c1n[nH]c2ccc(-c3cncc(CN4CCCCC4)c3)cc12. The Hall–Kier alpha value is -14.8. The summed E-state index contributed by atoms with van der Waals surface area (Å²) in [6, 6.07) is 52.3. The molecular formula is C112H126N28O4. The van der Waals surface area contributed by atoms with Gasteiger partial charge in [0.25, 0.3) is 23.6 Å². The van der Waals surface area contributed by atoms with Crippen molar-refractivity contribution in [3.05, 3.63) is 283 Å². The van der Waals surface area contributed by atoms with Gasteiger partial charge in [-0.2, -0.15) is 20.4 Å². The highest BCUT2D eigenvalue weighted by atomic mass is 16.2. The summed E-state index contributed by atoms with van der Waals surface area (Å²) in [5.41, 5.74) is 21.9. The largest absolute Gasteiger partial charge is 0.357 e. The van der Waals surface area contributed by atoms with Crippen molar-refractivity contribution in [2.45, 2.75) is 123 Å². The van der Waals surface area contributed by atoms with E-state index >= 15 is 0 Å². The average molecular weight is 1930 g/mol. The Balaban J connectivity index is 0.000000118. The van der Waals surface area contributed by atoms with Crippen molar-refractivity contribution in [1.29, 1.82) is 0 Å². The van der Waals surface area contributed by atoms with Gasteiger partial charge < -0.3 is 40.9 Å². The second-order valence-electron chi connectivity index (χ2n) is 39.1. The van der Waals surface area contributed by atoms with Crippen LogP contribution in [-0.4, -0.2) is 266 Å². The summed E-state index contributed by atoms with van der Waals surface area (Å²) < 4.78 is 0. The minimum absolute atomic E-state index is 0.216. The third kappa shape index (κ3) is 24.7. The molecular weight excluding hydrogens is 1800 g/mol. The number of likely N-dealkylation sites (tertiary alicyclic amines) is 4. The number of amides is 4. The second kappa shape index (κ2) is 46.5. The van der Waals surface area contributed by atoms with E-state index in [1.807, 2.05) is 153 Å². The van der Waals surface area contributed by atoms with Crippen LogP contribution in [0, 0.1) is 0 Å². The number of hydrogen-bond acceptors (Lipinski definition) is 24. The molecule has 23 rings (SSSR count). The molecule has 0 atom stereocenters. The number of piperazine rings is 2. The molecule has 0 radical (unpaired) electrons. The monoisotopic (exact) mass is 1930 g/mol. The number of fused-ring (bicyclic) bond motifs is 4. The number of nitrogens with one attached hydrogen (secondary N) is 8. The first-order chi connectivity index (χ1) is 70.7. The molecule has 7 saturated heterocycles. The number of carbonyl (C=O) groups is 4. The summed E-state index contributed by atoms with van der Waals surface area (Å²) in [4.78, 5) is 105. The Labute approximate surface area is 838 Å². The van der Waals surface area contributed by atoms with Crippen molar-refractivity contribution < 1.29 is 19.2 Å². The minimum atomic E-state index is -0.264. The first-order valence-corrected chi connectivity index (χ1v) is 51.1. The van der Waals surface area contributed by atoms with Gasteiger partial charge in [-0.25, -0.2) is 9.97 Å². The van der Waals surface area contributed by atoms with Crippen LogP contribution < -0.4 is 31.1 Å². The molecule has 7 fully saturated rings. The molecule has 32 heteroatoms. The molecule has 16 aromatic rings. The molecule has 11 aromatic heterocycles. The summed E-state index contributed by atoms with van der Waals surface area (Å²) in [5, 5.41) is 44.2. The van der Waals surface area contributed by atoms with Gasteiger partial charge in [0.15, 0.2) is 22.8 Å². The molecule has 32 nitrogen and oxygen atoms in total. The summed E-state index contributed by atoms with van der Waals surface area (Å²) in [7, 11) is 4.30. The van der Waals surface area contributed by atoms with E-state index in [1.54, 1.807) is 36.9 Å². The van der Waals surface area contributed by atoms with Crippen LogP contribution in [0.25, 0.3) is 88.1 Å². The topological polar surface area (TPSA) is 351 Å². The average Bonchev–Trinajstić information content (AvgIpc) is 1.65. The van der Waals surface area contributed by atoms with Crippen LogP contribution in [0.3, 0.4) is 0 Å². The molecule has 4 amide bonds. The van der Waals surface area contributed by atoms with Crippen LogP contribution in [0.5, 0.6) is 0 Å². The Bertz CT molecular complexity index is 7060. The number of piperidine rings is 4. The van der Waals surface area contributed by atoms with Crippen LogP contribution in [0.1, 0.15) is 160 Å². The Morgan fingerprint density at radius 3 is 0.903 bits per heavy atom. The van der Waals surface area contributed by atoms with Crippen molar-refractivity contribution in [3.63, 3.8) is 0 Å². The molecule has 0 unspecified atom stereocenters. The zero-order valence-corrected chi connectivity index (χ0v) is 82.2. The highest BCUT2D eigenvalue weighted by molar-refractivity contribution is 6.15. The third-order valence-corrected chi connectivity index (χ3v) is 28.4. The Morgan fingerprint density at radius 1 is 0.257 bits per heavy atom. The highest BCUT2D eigenvalue weighted by Crippen LogP contribution is 2.35. The maximum atomic E-state index is 13.3. The lowest BCUT2D eigenvalue weighted by atomic mass is 10.0. The number of aromatic amines is 4. The summed E-state index contributed by atoms with van der Waals surface area (Å²) in [6.07, 6.45) is 40.0. The van der Waals surface area contributed by atoms with E-state index in [0.717, 1.165) is 256 Å². The first-order valence-electron chi connectivity index (χ1n) is 51.1. The number of anilines is 6. The fourth-order valence-corrected chi connectivity index (χ4v) is 20.4. The number of benzene rings is 5. The normalized spacial score (nSPS) is 16.5. The predicted molar refractivity (Wildman–Crippen MR) is 569 cm³/mol. The number of rotatable bonds is 24. The van der Waals surface area contributed by atoms with E-state index in [0.29, 0.717) is 39.8 Å². The van der Waals surface area contributed by atoms with Gasteiger partial charge in [0.1, 0.15) is 11.6 Å². The minimum Gasteiger partial charge on any atom is -0.357 e. The van der Waals surface area contributed by atoms with Gasteiger partial charge in [-0.3, -0.25) is 89.0 Å². The van der Waals surface area contributed by atoms with Gasteiger partial charge in [0, 0.05) is 215 Å². The Morgan fingerprint density at radius 2 is 0.562 bits per heavy atom. The quantitative estimate of drug-likeness (QED) is 0.0278. The molecule has 0 aliphatic carbocycles. The fourth-order valence-electron chi connectivity index (χ4n) is 20.4. The lowest BCUT2D eigenvalue weighted by Gasteiger charge is -2.33. The summed E-state index contributed by atoms with van der Waals surface area (Å²) in [5.74, 6) is 0.892. The van der Waals surface area contributed by atoms with Crippen molar-refractivity contribution in [2.75, 3.05) is 163 Å². The zero-order chi connectivity index (χ0) is 97.9. The summed E-state index contributed by atoms with van der Waals surface area (Å²) >= 11 is 0. The van der Waals surface area contributed by atoms with E-state index in [9.17, 15) is 19.2 Å². The molecule has 7 aliphatic rings. The van der Waals surface area contributed by atoms with Crippen molar-refractivity contribution >= 4 is 102 Å². The van der Waals surface area contributed by atoms with Crippen LogP contribution in [0.15, 0.2) is 232 Å². The molecule has 8 N–H and O–H groups in total. The molecule has 5 aromatic carbocycles. The molecule has 738 valence electrons. The maximum Gasteiger partial charge on any atom is 0.276 e. The lowest BCUT2D eigenvalue weighted by Crippen LogP contribution is -2.44. The number of carbonyl (C=O) groups excluding carboxylic acids is 4. The van der Waals surface area contributed by atoms with Gasteiger partial charge in [0.2, 0.25) is 0 Å². The number of nitrogens with zero attached hydrogens (tertiary/aromatic N) is 20. The van der Waals surface area contributed by atoms with Gasteiger partial charge in [-0.1, -0.05) is 62.1 Å². The standard InChI is InChI=1S/C31H37N7O.C29H34N8O.C28H31N7O.C24H24N6O/c1-36-12-14-38(15-13-36)21-23-6-5-7-27(17-23)33-31(39)30-28-18-25(8-9-29(28)34-35-30)26-16-24(19-32-20-26)22-37-10-3-2-4-11-37;1-35-11-13-37(14-12-35)27-8-6-24(19-31-27)32-29(38)28-25-16-22(5-7-26(25)33-34-28)23-15-21(17-30-18-23)20-36-9-3-2-4-10-36;36-28(31-23-7-9-26(30-18-23)35-12-4-5-13-35)27-24-15-21(6-8-25(24)32-33-27)22-14-20(16-29-17-22)19-34-10-2-1-3-11-34;31-24(27-20-6-8-25-9-7-20)23-21-13-18(4-5-22(21)28-29-23)19-12-17(14-26-15-19)16-30-10-2-1-3-11-30/h5-9,16-20H,2-4,10-15,21-22H2,1H3,(H,33,39)(H,34,35);5-8,15-19H,2-4,9-14,20H2,1H3,(H,32,38)(H,33,34);6-9,14-18H,1-5,10-13,19H2,(H,31,36)(H,32,33);4-9,12-15H,1-3,10-11,16H2,(H,28,29)(H,25,27,31). The number of hydrogen-bond donors (Lipinski definition) is 8. The van der Waals surface area contributed by atoms with Crippen molar-refractivity contribution in [3.8, 4) is 44.5 Å².